The van der Waals surface area contributed by atoms with Crippen LogP contribution in [0.2, 0.25) is 0 Å². The van der Waals surface area contributed by atoms with E-state index in [1.165, 1.54) is 115 Å². The number of rotatable bonds is 17. The Kier molecular flexibility index (Phi) is 15.6. The number of carbonyl (C=O) groups excluding carboxylic acids is 1. The Labute approximate surface area is 169 Å². The summed E-state index contributed by atoms with van der Waals surface area (Å²) >= 11 is 0. The molecule has 0 aliphatic heterocycles. The highest BCUT2D eigenvalue weighted by Crippen LogP contribution is 2.30. The molecule has 1 aliphatic carbocycles. The molecule has 1 aliphatic rings. The molecule has 2 nitrogen and oxygen atoms in total. The molecule has 1 fully saturated rings. The van der Waals surface area contributed by atoms with Crippen LogP contribution in [0.3, 0.4) is 0 Å². The van der Waals surface area contributed by atoms with E-state index in [-0.39, 0.29) is 12.1 Å². The monoisotopic (exact) mass is 378 g/mol. The van der Waals surface area contributed by atoms with E-state index in [2.05, 4.69) is 13.5 Å². The van der Waals surface area contributed by atoms with Crippen LogP contribution < -0.4 is 0 Å². The lowest BCUT2D eigenvalue weighted by molar-refractivity contribution is -0.144. The van der Waals surface area contributed by atoms with Gasteiger partial charge in [-0.25, -0.2) is 4.79 Å². The lowest BCUT2D eigenvalue weighted by atomic mass is 9.84. The third-order valence-electron chi connectivity index (χ3n) is 6.21. The molecule has 0 amide bonds. The smallest absolute Gasteiger partial charge is 0.330 e. The summed E-state index contributed by atoms with van der Waals surface area (Å²) in [5.41, 5.74) is 0. The van der Waals surface area contributed by atoms with Gasteiger partial charge in [0.2, 0.25) is 0 Å². The second kappa shape index (κ2) is 17.3. The number of carbonyl (C=O) groups is 1. The molecule has 0 aromatic heterocycles. The summed E-state index contributed by atoms with van der Waals surface area (Å²) < 4.78 is 5.36. The van der Waals surface area contributed by atoms with Crippen LogP contribution in [0.5, 0.6) is 0 Å². The Balaban J connectivity index is 1.79. The zero-order valence-electron chi connectivity index (χ0n) is 18.2. The van der Waals surface area contributed by atoms with E-state index in [4.69, 9.17) is 4.74 Å². The predicted molar refractivity (Wildman–Crippen MR) is 117 cm³/mol. The van der Waals surface area contributed by atoms with E-state index in [0.717, 1.165) is 18.8 Å². The molecule has 0 heterocycles. The molecule has 27 heavy (non-hydrogen) atoms. The minimum atomic E-state index is -0.259. The third-order valence-corrected chi connectivity index (χ3v) is 6.21. The van der Waals surface area contributed by atoms with Crippen LogP contribution in [-0.2, 0) is 9.53 Å². The van der Waals surface area contributed by atoms with Gasteiger partial charge in [-0.05, 0) is 31.6 Å². The fourth-order valence-electron chi connectivity index (χ4n) is 4.38. The molecule has 2 heteroatoms. The molecule has 158 valence electrons. The molecule has 0 bridgehead atoms. The molecule has 1 rings (SSSR count). The molecule has 0 atom stereocenters. The zero-order valence-corrected chi connectivity index (χ0v) is 18.2. The van der Waals surface area contributed by atoms with E-state index in [0.29, 0.717) is 0 Å². The second-order valence-electron chi connectivity index (χ2n) is 8.67. The molecule has 0 saturated heterocycles. The van der Waals surface area contributed by atoms with Crippen molar-refractivity contribution in [3.05, 3.63) is 12.7 Å². The van der Waals surface area contributed by atoms with Crippen LogP contribution in [-0.4, -0.2) is 12.1 Å². The Bertz CT molecular complexity index is 355. The van der Waals surface area contributed by atoms with Gasteiger partial charge in [0.1, 0.15) is 6.10 Å². The zero-order chi connectivity index (χ0) is 19.6. The normalized spacial score (nSPS) is 19.7. The number of hydrogen-bond acceptors (Lipinski definition) is 2. The van der Waals surface area contributed by atoms with E-state index in [1.807, 2.05) is 0 Å². The summed E-state index contributed by atoms with van der Waals surface area (Å²) in [6.07, 6.45) is 27.4. The highest BCUT2D eigenvalue weighted by molar-refractivity contribution is 5.81. The van der Waals surface area contributed by atoms with Crippen molar-refractivity contribution in [2.45, 2.75) is 135 Å². The van der Waals surface area contributed by atoms with Crippen molar-refractivity contribution in [3.63, 3.8) is 0 Å². The van der Waals surface area contributed by atoms with Gasteiger partial charge in [0.25, 0.3) is 0 Å². The Hall–Kier alpha value is -0.790. The van der Waals surface area contributed by atoms with Gasteiger partial charge in [-0.2, -0.15) is 0 Å². The van der Waals surface area contributed by atoms with Crippen molar-refractivity contribution < 1.29 is 9.53 Å². The first-order valence-corrected chi connectivity index (χ1v) is 12.1. The van der Waals surface area contributed by atoms with E-state index in [1.54, 1.807) is 0 Å². The Morgan fingerprint density at radius 2 is 1.22 bits per heavy atom. The van der Waals surface area contributed by atoms with Crippen molar-refractivity contribution in [1.82, 2.24) is 0 Å². The summed E-state index contributed by atoms with van der Waals surface area (Å²) in [6.45, 7) is 5.76. The average Bonchev–Trinajstić information content (AvgIpc) is 2.69. The first-order valence-electron chi connectivity index (χ1n) is 12.1. The molecule has 0 N–H and O–H groups in total. The predicted octanol–water partition coefficient (Wildman–Crippen LogP) is 8.15. The van der Waals surface area contributed by atoms with Crippen molar-refractivity contribution in [1.29, 1.82) is 0 Å². The average molecular weight is 379 g/mol. The van der Waals surface area contributed by atoms with Crippen LogP contribution >= 0.6 is 0 Å². The summed E-state index contributed by atoms with van der Waals surface area (Å²) in [5.74, 6) is 0.603. The minimum absolute atomic E-state index is 0.142. The first-order chi connectivity index (χ1) is 13.3. The maximum Gasteiger partial charge on any atom is 0.330 e. The molecule has 1 saturated carbocycles. The largest absolute Gasteiger partial charge is 0.459 e. The molecule has 0 spiro atoms. The topological polar surface area (TPSA) is 26.3 Å². The van der Waals surface area contributed by atoms with Gasteiger partial charge < -0.3 is 4.74 Å². The Morgan fingerprint density at radius 1 is 0.778 bits per heavy atom. The highest BCUT2D eigenvalue weighted by Gasteiger charge is 2.22. The van der Waals surface area contributed by atoms with Crippen LogP contribution in [0.15, 0.2) is 12.7 Å². The van der Waals surface area contributed by atoms with Crippen molar-refractivity contribution in [2.75, 3.05) is 0 Å². The third kappa shape index (κ3) is 13.9. The summed E-state index contributed by atoms with van der Waals surface area (Å²) in [4.78, 5) is 11.2. The van der Waals surface area contributed by atoms with Crippen LogP contribution in [0.4, 0.5) is 0 Å². The standard InChI is InChI=1S/C25H46O2/c1-3-5-6-7-8-9-10-11-12-13-14-15-16-17-18-23-19-21-24(22-20-23)27-25(26)4-2/h4,23-24H,2-3,5-22H2,1H3. The van der Waals surface area contributed by atoms with Crippen LogP contribution in [0.25, 0.3) is 0 Å². The van der Waals surface area contributed by atoms with Gasteiger partial charge in [-0.15, -0.1) is 0 Å². The van der Waals surface area contributed by atoms with E-state index in [9.17, 15) is 4.79 Å². The molecule has 0 aromatic carbocycles. The Morgan fingerprint density at radius 3 is 1.67 bits per heavy atom. The van der Waals surface area contributed by atoms with Crippen molar-refractivity contribution in [3.8, 4) is 0 Å². The highest BCUT2D eigenvalue weighted by atomic mass is 16.5. The van der Waals surface area contributed by atoms with E-state index < -0.39 is 0 Å². The summed E-state index contributed by atoms with van der Waals surface area (Å²) in [5, 5.41) is 0. The number of hydrogen-bond donors (Lipinski definition) is 0. The number of unbranched alkanes of at least 4 members (excludes halogenated alkanes) is 13. The fourth-order valence-corrected chi connectivity index (χ4v) is 4.38. The first kappa shape index (κ1) is 24.2. The second-order valence-corrected chi connectivity index (χ2v) is 8.67. The molecular weight excluding hydrogens is 332 g/mol. The maximum absolute atomic E-state index is 11.2. The SMILES string of the molecule is C=CC(=O)OC1CCC(CCCCCCCCCCCCCCCC)CC1. The summed E-state index contributed by atoms with van der Waals surface area (Å²) in [7, 11) is 0. The van der Waals surface area contributed by atoms with Gasteiger partial charge in [-0.3, -0.25) is 0 Å². The number of esters is 1. The van der Waals surface area contributed by atoms with Crippen molar-refractivity contribution >= 4 is 5.97 Å². The molecular formula is C25H46O2. The minimum Gasteiger partial charge on any atom is -0.459 e. The summed E-state index contributed by atoms with van der Waals surface area (Å²) in [6, 6.07) is 0. The maximum atomic E-state index is 11.2. The van der Waals surface area contributed by atoms with Gasteiger partial charge >= 0.3 is 5.97 Å². The van der Waals surface area contributed by atoms with Crippen molar-refractivity contribution in [2.24, 2.45) is 5.92 Å². The molecule has 0 radical (unpaired) electrons. The van der Waals surface area contributed by atoms with Crippen LogP contribution in [0, 0.1) is 5.92 Å². The quantitative estimate of drug-likeness (QED) is 0.145. The van der Waals surface area contributed by atoms with Gasteiger partial charge in [0.05, 0.1) is 0 Å². The lowest BCUT2D eigenvalue weighted by Gasteiger charge is -2.28. The van der Waals surface area contributed by atoms with Gasteiger partial charge in [-0.1, -0.05) is 110 Å². The molecule has 0 unspecified atom stereocenters. The fraction of sp³-hybridized carbons (Fsp3) is 0.880. The van der Waals surface area contributed by atoms with Crippen LogP contribution in [0.1, 0.15) is 129 Å². The molecule has 0 aromatic rings. The van der Waals surface area contributed by atoms with Gasteiger partial charge in [0.15, 0.2) is 0 Å². The van der Waals surface area contributed by atoms with E-state index >= 15 is 0 Å². The lowest BCUT2D eigenvalue weighted by Crippen LogP contribution is -2.23. The number of ether oxygens (including phenoxy) is 1. The van der Waals surface area contributed by atoms with Gasteiger partial charge in [0, 0.05) is 6.08 Å².